The van der Waals surface area contributed by atoms with E-state index in [4.69, 9.17) is 0 Å². The molecule has 0 radical (unpaired) electrons. The molecule has 2 heterocycles. The van der Waals surface area contributed by atoms with E-state index in [1.54, 1.807) is 6.07 Å². The Morgan fingerprint density at radius 3 is 2.83 bits per heavy atom. The number of imidazole rings is 1. The normalized spacial score (nSPS) is 17.9. The quantitative estimate of drug-likeness (QED) is 0.854. The number of fused-ring (bicyclic) bond motifs is 1. The van der Waals surface area contributed by atoms with Gasteiger partial charge in [-0.1, -0.05) is 0 Å². The van der Waals surface area contributed by atoms with Gasteiger partial charge in [0.25, 0.3) is 0 Å². The minimum absolute atomic E-state index is 0.0879. The smallest absolute Gasteiger partial charge is 0.220 e. The van der Waals surface area contributed by atoms with E-state index in [-0.39, 0.29) is 35.6 Å². The summed E-state index contributed by atoms with van der Waals surface area (Å²) in [5.74, 6) is 0.882. The SMILES string of the molecule is O=C(CCc1nc2ccc(F)cc2[nH]1)NCC1CCS(=O)(=O)CC1. The van der Waals surface area contributed by atoms with Crippen molar-refractivity contribution in [2.75, 3.05) is 18.1 Å². The van der Waals surface area contributed by atoms with E-state index in [0.717, 1.165) is 0 Å². The molecule has 6 nitrogen and oxygen atoms in total. The largest absolute Gasteiger partial charge is 0.356 e. The second-order valence-corrected chi connectivity index (χ2v) is 8.55. The highest BCUT2D eigenvalue weighted by Gasteiger charge is 2.23. The summed E-state index contributed by atoms with van der Waals surface area (Å²) in [5.41, 5.74) is 1.30. The van der Waals surface area contributed by atoms with Crippen molar-refractivity contribution in [1.29, 1.82) is 0 Å². The van der Waals surface area contributed by atoms with Gasteiger partial charge in [0.15, 0.2) is 0 Å². The van der Waals surface area contributed by atoms with Crippen molar-refractivity contribution in [3.05, 3.63) is 29.8 Å². The van der Waals surface area contributed by atoms with Crippen LogP contribution < -0.4 is 5.32 Å². The Hall–Kier alpha value is -1.96. The summed E-state index contributed by atoms with van der Waals surface area (Å²) in [6.07, 6.45) is 1.95. The Bertz CT molecular complexity index is 833. The highest BCUT2D eigenvalue weighted by Crippen LogP contribution is 2.18. The lowest BCUT2D eigenvalue weighted by Gasteiger charge is -2.22. The molecule has 8 heteroatoms. The molecule has 1 fully saturated rings. The maximum atomic E-state index is 13.1. The molecule has 130 valence electrons. The van der Waals surface area contributed by atoms with Gasteiger partial charge in [-0.3, -0.25) is 4.79 Å². The summed E-state index contributed by atoms with van der Waals surface area (Å²) in [6, 6.07) is 4.33. The monoisotopic (exact) mass is 353 g/mol. The number of H-pyrrole nitrogens is 1. The second kappa shape index (κ2) is 6.88. The molecule has 1 aromatic carbocycles. The average molecular weight is 353 g/mol. The van der Waals surface area contributed by atoms with Gasteiger partial charge < -0.3 is 10.3 Å². The lowest BCUT2D eigenvalue weighted by Crippen LogP contribution is -2.34. The molecule has 0 bridgehead atoms. The van der Waals surface area contributed by atoms with Crippen molar-refractivity contribution in [2.24, 2.45) is 5.92 Å². The third-order valence-corrected chi connectivity index (χ3v) is 6.06. The van der Waals surface area contributed by atoms with Crippen LogP contribution in [0.5, 0.6) is 0 Å². The molecule has 0 atom stereocenters. The van der Waals surface area contributed by atoms with Gasteiger partial charge in [0.2, 0.25) is 5.91 Å². The highest BCUT2D eigenvalue weighted by atomic mass is 32.2. The van der Waals surface area contributed by atoms with Crippen LogP contribution in [0.15, 0.2) is 18.2 Å². The molecule has 1 amide bonds. The minimum Gasteiger partial charge on any atom is -0.356 e. The molecule has 2 N–H and O–H groups in total. The minimum atomic E-state index is -2.87. The summed E-state index contributed by atoms with van der Waals surface area (Å²) < 4.78 is 35.9. The number of rotatable bonds is 5. The van der Waals surface area contributed by atoms with Gasteiger partial charge in [0.05, 0.1) is 22.5 Å². The molecule has 1 saturated heterocycles. The van der Waals surface area contributed by atoms with Crippen LogP contribution in [-0.2, 0) is 21.1 Å². The molecule has 1 aliphatic heterocycles. The van der Waals surface area contributed by atoms with Crippen LogP contribution in [0.1, 0.15) is 25.1 Å². The van der Waals surface area contributed by atoms with Crippen LogP contribution in [0.4, 0.5) is 4.39 Å². The summed E-state index contributed by atoms with van der Waals surface area (Å²) in [7, 11) is -2.87. The summed E-state index contributed by atoms with van der Waals surface area (Å²) in [4.78, 5) is 19.3. The number of carbonyl (C=O) groups is 1. The van der Waals surface area contributed by atoms with Gasteiger partial charge in [-0.25, -0.2) is 17.8 Å². The summed E-state index contributed by atoms with van der Waals surface area (Å²) in [5, 5.41) is 2.86. The van der Waals surface area contributed by atoms with E-state index >= 15 is 0 Å². The summed E-state index contributed by atoms with van der Waals surface area (Å²) in [6.45, 7) is 0.514. The third-order valence-electron chi connectivity index (χ3n) is 4.34. The standard InChI is InChI=1S/C16H20FN3O3S/c17-12-1-2-13-14(9-12)20-15(19-13)3-4-16(21)18-10-11-5-7-24(22,23)8-6-11/h1-2,9,11H,3-8,10H2,(H,18,21)(H,19,20). The maximum Gasteiger partial charge on any atom is 0.220 e. The van der Waals surface area contributed by atoms with E-state index < -0.39 is 9.84 Å². The van der Waals surface area contributed by atoms with Crippen molar-refractivity contribution < 1.29 is 17.6 Å². The van der Waals surface area contributed by atoms with E-state index in [1.807, 2.05) is 0 Å². The van der Waals surface area contributed by atoms with Crippen molar-refractivity contribution >= 4 is 26.8 Å². The van der Waals surface area contributed by atoms with Crippen LogP contribution in [0.3, 0.4) is 0 Å². The Morgan fingerprint density at radius 1 is 1.33 bits per heavy atom. The molecule has 1 aromatic heterocycles. The van der Waals surface area contributed by atoms with Gasteiger partial charge in [-0.05, 0) is 37.0 Å². The van der Waals surface area contributed by atoms with Crippen LogP contribution >= 0.6 is 0 Å². The molecular formula is C16H20FN3O3S. The molecule has 0 aliphatic carbocycles. The predicted molar refractivity (Wildman–Crippen MR) is 88.8 cm³/mol. The number of aromatic amines is 1. The fourth-order valence-electron chi connectivity index (χ4n) is 2.87. The van der Waals surface area contributed by atoms with Crippen LogP contribution in [0.25, 0.3) is 11.0 Å². The van der Waals surface area contributed by atoms with Crippen molar-refractivity contribution in [2.45, 2.75) is 25.7 Å². The molecule has 24 heavy (non-hydrogen) atoms. The first-order valence-corrected chi connectivity index (χ1v) is 9.85. The number of carbonyl (C=O) groups excluding carboxylic acids is 1. The number of hydrogen-bond acceptors (Lipinski definition) is 4. The molecule has 2 aromatic rings. The predicted octanol–water partition coefficient (Wildman–Crippen LogP) is 1.58. The molecule has 0 spiro atoms. The van der Waals surface area contributed by atoms with E-state index in [2.05, 4.69) is 15.3 Å². The molecular weight excluding hydrogens is 333 g/mol. The Labute approximate surface area is 139 Å². The third kappa shape index (κ3) is 4.31. The van der Waals surface area contributed by atoms with Crippen LogP contribution in [0.2, 0.25) is 0 Å². The van der Waals surface area contributed by atoms with Gasteiger partial charge in [-0.15, -0.1) is 0 Å². The lowest BCUT2D eigenvalue weighted by atomic mass is 10.0. The fourth-order valence-corrected chi connectivity index (χ4v) is 4.46. The zero-order valence-electron chi connectivity index (χ0n) is 13.2. The van der Waals surface area contributed by atoms with Gasteiger partial charge in [0.1, 0.15) is 21.5 Å². The number of hydrogen-bond donors (Lipinski definition) is 2. The molecule has 1 aliphatic rings. The Balaban J connectivity index is 1.45. The lowest BCUT2D eigenvalue weighted by molar-refractivity contribution is -0.121. The Morgan fingerprint density at radius 2 is 2.08 bits per heavy atom. The number of nitrogens with zero attached hydrogens (tertiary/aromatic N) is 1. The van der Waals surface area contributed by atoms with Crippen molar-refractivity contribution in [3.63, 3.8) is 0 Å². The highest BCUT2D eigenvalue weighted by molar-refractivity contribution is 7.91. The van der Waals surface area contributed by atoms with Crippen LogP contribution in [0, 0.1) is 11.7 Å². The number of halogens is 1. The Kier molecular flexibility index (Phi) is 4.84. The van der Waals surface area contributed by atoms with Crippen LogP contribution in [-0.4, -0.2) is 42.3 Å². The number of aryl methyl sites for hydroxylation is 1. The van der Waals surface area contributed by atoms with Crippen molar-refractivity contribution in [1.82, 2.24) is 15.3 Å². The fraction of sp³-hybridized carbons (Fsp3) is 0.500. The average Bonchev–Trinajstić information content (AvgIpc) is 2.94. The van der Waals surface area contributed by atoms with Gasteiger partial charge in [-0.2, -0.15) is 0 Å². The van der Waals surface area contributed by atoms with E-state index in [9.17, 15) is 17.6 Å². The topological polar surface area (TPSA) is 91.9 Å². The number of aromatic nitrogens is 2. The number of amides is 1. The first kappa shape index (κ1) is 16.9. The maximum absolute atomic E-state index is 13.1. The van der Waals surface area contributed by atoms with Gasteiger partial charge in [0, 0.05) is 19.4 Å². The second-order valence-electron chi connectivity index (χ2n) is 6.24. The van der Waals surface area contributed by atoms with E-state index in [0.29, 0.717) is 42.7 Å². The number of nitrogens with one attached hydrogen (secondary N) is 2. The zero-order chi connectivity index (χ0) is 17.2. The molecule has 3 rings (SSSR count). The number of sulfone groups is 1. The summed E-state index contributed by atoms with van der Waals surface area (Å²) >= 11 is 0. The zero-order valence-corrected chi connectivity index (χ0v) is 14.0. The first-order valence-electron chi connectivity index (χ1n) is 8.02. The first-order chi connectivity index (χ1) is 11.4. The molecule has 0 saturated carbocycles. The molecule has 0 unspecified atom stereocenters. The van der Waals surface area contributed by atoms with E-state index in [1.165, 1.54) is 12.1 Å². The van der Waals surface area contributed by atoms with Gasteiger partial charge >= 0.3 is 0 Å². The number of benzene rings is 1. The van der Waals surface area contributed by atoms with Crippen molar-refractivity contribution in [3.8, 4) is 0 Å².